The number of unbranched alkanes of at least 4 members (excludes halogenated alkanes) is 2. The highest BCUT2D eigenvalue weighted by atomic mass is 32.2. The van der Waals surface area contributed by atoms with Gasteiger partial charge in [0.1, 0.15) is 5.60 Å². The predicted molar refractivity (Wildman–Crippen MR) is 232 cm³/mol. The first-order valence-corrected chi connectivity index (χ1v) is 21.9. The van der Waals surface area contributed by atoms with E-state index in [4.69, 9.17) is 9.84 Å². The summed E-state index contributed by atoms with van der Waals surface area (Å²) in [7, 11) is -4.31. The predicted octanol–water partition coefficient (Wildman–Crippen LogP) is 8.05. The molecule has 1 aliphatic heterocycles. The van der Waals surface area contributed by atoms with Gasteiger partial charge in [0.25, 0.3) is 27.7 Å². The van der Waals surface area contributed by atoms with E-state index in [9.17, 15) is 27.6 Å². The summed E-state index contributed by atoms with van der Waals surface area (Å²) in [6.07, 6.45) is 6.73. The Morgan fingerprint density at radius 1 is 0.867 bits per heavy atom. The normalized spacial score (nSPS) is 13.0. The molecule has 0 saturated heterocycles. The number of sulfonamides is 1. The molecule has 60 heavy (non-hydrogen) atoms. The molecule has 0 unspecified atom stereocenters. The van der Waals surface area contributed by atoms with Crippen molar-refractivity contribution >= 4 is 50.6 Å². The number of fused-ring (bicyclic) bond motifs is 2. The van der Waals surface area contributed by atoms with Gasteiger partial charge >= 0.3 is 5.97 Å². The summed E-state index contributed by atoms with van der Waals surface area (Å²) >= 11 is 0. The van der Waals surface area contributed by atoms with Crippen molar-refractivity contribution in [1.29, 1.82) is 0 Å². The minimum atomic E-state index is -4.31. The van der Waals surface area contributed by atoms with Crippen molar-refractivity contribution in [2.24, 2.45) is 0 Å². The molecule has 3 amide bonds. The first kappa shape index (κ1) is 43.5. The van der Waals surface area contributed by atoms with Crippen LogP contribution in [0.5, 0.6) is 0 Å². The van der Waals surface area contributed by atoms with Gasteiger partial charge in [0.05, 0.1) is 16.1 Å². The number of hydrogen-bond acceptors (Lipinski definition) is 8. The Bertz CT molecular complexity index is 2560. The number of ether oxygens (including phenoxy) is 1. The number of benzene rings is 4. The topological polar surface area (TPSA) is 148 Å². The number of esters is 1. The lowest BCUT2D eigenvalue weighted by atomic mass is 9.98. The van der Waals surface area contributed by atoms with Crippen LogP contribution < -0.4 is 4.72 Å². The van der Waals surface area contributed by atoms with Crippen LogP contribution in [0.15, 0.2) is 95.9 Å². The van der Waals surface area contributed by atoms with Crippen LogP contribution in [0.4, 0.5) is 0 Å². The Labute approximate surface area is 352 Å². The van der Waals surface area contributed by atoms with Gasteiger partial charge in [-0.05, 0) is 105 Å². The zero-order valence-electron chi connectivity index (χ0n) is 35.2. The Hall–Kier alpha value is -6.08. The van der Waals surface area contributed by atoms with Crippen molar-refractivity contribution < 1.29 is 32.3 Å². The maximum atomic E-state index is 14.7. The molecule has 0 spiro atoms. The monoisotopic (exact) mass is 831 g/mol. The zero-order valence-corrected chi connectivity index (χ0v) is 36.0. The van der Waals surface area contributed by atoms with Crippen molar-refractivity contribution in [2.45, 2.75) is 90.7 Å². The molecule has 13 heteroatoms. The van der Waals surface area contributed by atoms with E-state index in [1.165, 1.54) is 47.2 Å². The maximum absolute atomic E-state index is 14.7. The van der Waals surface area contributed by atoms with Gasteiger partial charge in [-0.2, -0.15) is 5.10 Å². The highest BCUT2D eigenvalue weighted by molar-refractivity contribution is 7.90. The number of rotatable bonds is 14. The number of nitrogens with one attached hydrogen (secondary N) is 1. The average Bonchev–Trinajstić information content (AvgIpc) is 3.56. The van der Waals surface area contributed by atoms with Crippen molar-refractivity contribution in [3.05, 3.63) is 130 Å². The second-order valence-corrected chi connectivity index (χ2v) is 17.7. The van der Waals surface area contributed by atoms with Crippen molar-refractivity contribution in [3.8, 4) is 5.69 Å². The molecule has 12 nitrogen and oxygen atoms in total. The largest absolute Gasteiger partial charge is 0.457 e. The number of nitrogens with zero attached hydrogens (tertiary/aromatic N) is 4. The van der Waals surface area contributed by atoms with Crippen LogP contribution in [0.25, 0.3) is 22.5 Å². The Kier molecular flexibility index (Phi) is 13.4. The van der Waals surface area contributed by atoms with Gasteiger partial charge in [-0.1, -0.05) is 81.3 Å². The fourth-order valence-corrected chi connectivity index (χ4v) is 8.21. The van der Waals surface area contributed by atoms with Gasteiger partial charge in [-0.15, -0.1) is 0 Å². The third-order valence-corrected chi connectivity index (χ3v) is 11.7. The molecule has 5 aromatic rings. The lowest BCUT2D eigenvalue weighted by Crippen LogP contribution is -2.37. The van der Waals surface area contributed by atoms with E-state index in [-0.39, 0.29) is 33.3 Å². The summed E-state index contributed by atoms with van der Waals surface area (Å²) in [5, 5.41) is 6.39. The summed E-state index contributed by atoms with van der Waals surface area (Å²) in [6, 6.07) is 24.1. The number of carbonyl (C=O) groups excluding carboxylic acids is 4. The van der Waals surface area contributed by atoms with Gasteiger partial charge in [0, 0.05) is 49.1 Å². The quantitative estimate of drug-likeness (QED) is 0.0874. The van der Waals surface area contributed by atoms with Crippen LogP contribution in [0.1, 0.15) is 114 Å². The summed E-state index contributed by atoms with van der Waals surface area (Å²) in [6.45, 7) is 12.9. The Morgan fingerprint density at radius 3 is 2.22 bits per heavy atom. The molecule has 314 valence electrons. The van der Waals surface area contributed by atoms with E-state index >= 15 is 0 Å². The second kappa shape index (κ2) is 18.5. The maximum Gasteiger partial charge on any atom is 0.331 e. The van der Waals surface area contributed by atoms with Crippen LogP contribution in [-0.4, -0.2) is 76.9 Å². The summed E-state index contributed by atoms with van der Waals surface area (Å²) in [5.74, 6) is -2.26. The lowest BCUT2D eigenvalue weighted by molar-refractivity contribution is -0.148. The van der Waals surface area contributed by atoms with Crippen LogP contribution in [0.3, 0.4) is 0 Å². The van der Waals surface area contributed by atoms with Crippen LogP contribution >= 0.6 is 0 Å². The van der Waals surface area contributed by atoms with Gasteiger partial charge in [-0.3, -0.25) is 14.4 Å². The van der Waals surface area contributed by atoms with Gasteiger partial charge in [-0.25, -0.2) is 22.6 Å². The zero-order chi connectivity index (χ0) is 43.2. The van der Waals surface area contributed by atoms with Crippen molar-refractivity contribution in [1.82, 2.24) is 24.3 Å². The van der Waals surface area contributed by atoms with E-state index in [1.807, 2.05) is 36.4 Å². The van der Waals surface area contributed by atoms with E-state index < -0.39 is 33.4 Å². The number of hydrogen-bond donors (Lipinski definition) is 1. The molecule has 1 N–H and O–H groups in total. The van der Waals surface area contributed by atoms with Crippen molar-refractivity contribution in [3.63, 3.8) is 0 Å². The number of carbonyl (C=O) groups is 4. The summed E-state index contributed by atoms with van der Waals surface area (Å²) < 4.78 is 36.3. The molecular formula is C47H53N5O7S. The number of aromatic nitrogens is 2. The molecule has 0 radical (unpaired) electrons. The van der Waals surface area contributed by atoms with Crippen molar-refractivity contribution in [2.75, 3.05) is 19.6 Å². The molecular weight excluding hydrogens is 779 g/mol. The van der Waals surface area contributed by atoms with E-state index in [0.29, 0.717) is 49.2 Å². The van der Waals surface area contributed by atoms with Crippen LogP contribution in [0, 0.1) is 6.92 Å². The summed E-state index contributed by atoms with van der Waals surface area (Å²) in [5.41, 5.74) is 2.58. The molecule has 0 saturated carbocycles. The van der Waals surface area contributed by atoms with Crippen LogP contribution in [0.2, 0.25) is 0 Å². The fourth-order valence-electron chi connectivity index (χ4n) is 7.20. The summed E-state index contributed by atoms with van der Waals surface area (Å²) in [4.78, 5) is 59.2. The SMILES string of the molecule is CCCCN(CCCC)C(=O)c1nn(-c2ccc(C(=O)NS(=O)(=O)c3ccc4ccccc4c3)cc2C(=O)N2CCc3ccccc3C2)c(C)c1C=CC(=O)OC(C)(C)C. The molecule has 0 atom stereocenters. The molecule has 1 aromatic heterocycles. The highest BCUT2D eigenvalue weighted by Gasteiger charge is 2.30. The lowest BCUT2D eigenvalue weighted by Gasteiger charge is -2.29. The van der Waals surface area contributed by atoms with E-state index in [2.05, 4.69) is 18.6 Å². The Morgan fingerprint density at radius 2 is 1.53 bits per heavy atom. The molecule has 0 bridgehead atoms. The third-order valence-electron chi connectivity index (χ3n) is 10.4. The minimum Gasteiger partial charge on any atom is -0.457 e. The first-order valence-electron chi connectivity index (χ1n) is 20.5. The highest BCUT2D eigenvalue weighted by Crippen LogP contribution is 2.29. The van der Waals surface area contributed by atoms with Gasteiger partial charge in [0.15, 0.2) is 5.69 Å². The standard InChI is InChI=1S/C47H53N5O7S/c1-7-9-26-50(27-10-8-2)46(56)43-39(22-24-42(53)59-47(4,5)6)32(3)52(48-43)41-23-20-36(30-40(41)45(55)51-28-25-34-16-12-14-18-37(34)31-51)44(54)49-60(57,58)38-21-19-33-15-11-13-17-35(33)29-38/h11-24,29-30H,7-10,25-28,31H2,1-6H3,(H,49,54). The van der Waals surface area contributed by atoms with E-state index in [1.54, 1.807) is 55.7 Å². The second-order valence-electron chi connectivity index (χ2n) is 16.0. The van der Waals surface area contributed by atoms with Crippen LogP contribution in [-0.2, 0) is 32.5 Å². The number of amides is 3. The minimum absolute atomic E-state index is 0.0691. The van der Waals surface area contributed by atoms with E-state index in [0.717, 1.165) is 42.2 Å². The van der Waals surface area contributed by atoms with Gasteiger partial charge in [0.2, 0.25) is 0 Å². The Balaban J connectivity index is 1.45. The molecule has 2 heterocycles. The fraction of sp³-hybridized carbons (Fsp3) is 0.340. The average molecular weight is 832 g/mol. The molecule has 1 aliphatic rings. The molecule has 4 aromatic carbocycles. The van der Waals surface area contributed by atoms with Gasteiger partial charge < -0.3 is 14.5 Å². The smallest absolute Gasteiger partial charge is 0.331 e. The third kappa shape index (κ3) is 10.0. The molecule has 0 aliphatic carbocycles. The first-order chi connectivity index (χ1) is 28.6. The molecule has 6 rings (SSSR count). The molecule has 0 fully saturated rings.